The molecule has 1 atom stereocenters. The maximum absolute atomic E-state index is 12.2. The first-order valence-electron chi connectivity index (χ1n) is 7.05. The van der Waals surface area contributed by atoms with Crippen molar-refractivity contribution in [1.82, 2.24) is 9.88 Å². The lowest BCUT2D eigenvalue weighted by atomic mass is 9.89. The topological polar surface area (TPSA) is 33.2 Å². The molecule has 1 aromatic rings. The van der Waals surface area contributed by atoms with Gasteiger partial charge >= 0.3 is 0 Å². The lowest BCUT2D eigenvalue weighted by molar-refractivity contribution is -0.131. The van der Waals surface area contributed by atoms with Gasteiger partial charge in [-0.05, 0) is 30.7 Å². The summed E-state index contributed by atoms with van der Waals surface area (Å²) in [4.78, 5) is 18.1. The minimum absolute atomic E-state index is 0.208. The van der Waals surface area contributed by atoms with E-state index >= 15 is 0 Å². The van der Waals surface area contributed by atoms with Crippen LogP contribution in [0.15, 0.2) is 12.3 Å². The number of likely N-dealkylation sites (tertiary alicyclic amines) is 1. The van der Waals surface area contributed by atoms with Crippen LogP contribution < -0.4 is 0 Å². The van der Waals surface area contributed by atoms with Crippen molar-refractivity contribution in [3.63, 3.8) is 0 Å². The van der Waals surface area contributed by atoms with E-state index in [1.165, 1.54) is 0 Å². The van der Waals surface area contributed by atoms with E-state index in [0.717, 1.165) is 24.9 Å². The number of halogens is 2. The summed E-state index contributed by atoms with van der Waals surface area (Å²) in [5.41, 5.74) is 0.854. The third kappa shape index (κ3) is 3.86. The second kappa shape index (κ2) is 6.77. The zero-order chi connectivity index (χ0) is 14.7. The van der Waals surface area contributed by atoms with Gasteiger partial charge < -0.3 is 4.90 Å². The van der Waals surface area contributed by atoms with Crippen LogP contribution in [-0.4, -0.2) is 22.3 Å². The van der Waals surface area contributed by atoms with Crippen LogP contribution in [0.25, 0.3) is 0 Å². The van der Waals surface area contributed by atoms with Crippen molar-refractivity contribution >= 4 is 29.1 Å². The highest BCUT2D eigenvalue weighted by molar-refractivity contribution is 6.34. The maximum Gasteiger partial charge on any atom is 0.222 e. The van der Waals surface area contributed by atoms with Crippen LogP contribution in [0.4, 0.5) is 0 Å². The zero-order valence-electron chi connectivity index (χ0n) is 11.9. The zero-order valence-corrected chi connectivity index (χ0v) is 13.4. The second-order valence-electron chi connectivity index (χ2n) is 5.75. The van der Waals surface area contributed by atoms with Gasteiger partial charge in [0.25, 0.3) is 0 Å². The molecule has 2 rings (SSSR count). The van der Waals surface area contributed by atoms with Gasteiger partial charge in [0, 0.05) is 31.3 Å². The van der Waals surface area contributed by atoms with Crippen LogP contribution in [0.3, 0.4) is 0 Å². The van der Waals surface area contributed by atoms with Crippen LogP contribution in [0.1, 0.15) is 38.7 Å². The fraction of sp³-hybridized carbons (Fsp3) is 0.600. The number of aromatic nitrogens is 1. The van der Waals surface area contributed by atoms with E-state index in [4.69, 9.17) is 23.2 Å². The first-order chi connectivity index (χ1) is 9.47. The second-order valence-corrected chi connectivity index (χ2v) is 6.54. The summed E-state index contributed by atoms with van der Waals surface area (Å²) < 4.78 is 0. The van der Waals surface area contributed by atoms with Crippen molar-refractivity contribution in [3.8, 4) is 0 Å². The molecule has 0 spiro atoms. The van der Waals surface area contributed by atoms with Crippen molar-refractivity contribution in [2.45, 2.75) is 39.7 Å². The summed E-state index contributed by atoms with van der Waals surface area (Å²) in [5, 5.41) is 0.947. The molecule has 0 bridgehead atoms. The molecule has 0 aromatic carbocycles. The molecule has 3 nitrogen and oxygen atoms in total. The van der Waals surface area contributed by atoms with Crippen molar-refractivity contribution in [1.29, 1.82) is 0 Å². The molecule has 0 saturated carbocycles. The summed E-state index contributed by atoms with van der Waals surface area (Å²) in [6.07, 6.45) is 4.33. The predicted molar refractivity (Wildman–Crippen MR) is 81.9 cm³/mol. The Kier molecular flexibility index (Phi) is 5.28. The van der Waals surface area contributed by atoms with Gasteiger partial charge in [0.05, 0.1) is 5.02 Å². The smallest absolute Gasteiger partial charge is 0.222 e. The molecular formula is C15H20Cl2N2O. The highest BCUT2D eigenvalue weighted by Gasteiger charge is 2.24. The predicted octanol–water partition coefficient (Wildman–Crippen LogP) is 4.17. The normalized spacial score (nSPS) is 20.4. The Balaban J connectivity index is 2.06. The van der Waals surface area contributed by atoms with Crippen molar-refractivity contribution in [3.05, 3.63) is 28.0 Å². The number of pyridine rings is 1. The van der Waals surface area contributed by atoms with Crippen molar-refractivity contribution in [2.24, 2.45) is 11.8 Å². The summed E-state index contributed by atoms with van der Waals surface area (Å²) in [7, 11) is 0. The number of hydrogen-bond acceptors (Lipinski definition) is 2. The molecule has 1 aromatic heterocycles. The molecule has 0 N–H and O–H groups in total. The molecule has 1 fully saturated rings. The lowest BCUT2D eigenvalue weighted by Gasteiger charge is -2.22. The average Bonchev–Trinajstić information content (AvgIpc) is 2.56. The molecule has 1 saturated heterocycles. The Hall–Kier alpha value is -0.800. The summed E-state index contributed by atoms with van der Waals surface area (Å²) >= 11 is 11.9. The number of amides is 1. The van der Waals surface area contributed by atoms with Gasteiger partial charge in [-0.3, -0.25) is 4.79 Å². The van der Waals surface area contributed by atoms with Gasteiger partial charge in [0.1, 0.15) is 5.15 Å². The van der Waals surface area contributed by atoms with Gasteiger partial charge in [-0.1, -0.05) is 37.0 Å². The van der Waals surface area contributed by atoms with E-state index < -0.39 is 0 Å². The average molecular weight is 315 g/mol. The third-order valence-corrected chi connectivity index (χ3v) is 4.61. The van der Waals surface area contributed by atoms with Crippen LogP contribution in [0.2, 0.25) is 10.2 Å². The van der Waals surface area contributed by atoms with E-state index in [2.05, 4.69) is 18.8 Å². The van der Waals surface area contributed by atoms with Crippen molar-refractivity contribution < 1.29 is 4.79 Å². The van der Waals surface area contributed by atoms with E-state index in [9.17, 15) is 4.79 Å². The number of nitrogens with zero attached hydrogens (tertiary/aromatic N) is 2. The maximum atomic E-state index is 12.2. The first kappa shape index (κ1) is 15.6. The van der Waals surface area contributed by atoms with Gasteiger partial charge in [0.15, 0.2) is 0 Å². The quantitative estimate of drug-likeness (QED) is 0.784. The Bertz CT molecular complexity index is 491. The number of rotatable bonds is 3. The number of hydrogen-bond donors (Lipinski definition) is 0. The molecule has 20 heavy (non-hydrogen) atoms. The molecule has 1 amide bonds. The standard InChI is InChI=1S/C15H20Cl2N2O/c1-10(2)11-3-4-15(20)19(6-5-11)9-12-8-18-14(17)7-13(12)16/h7-8,10-11H,3-6,9H2,1-2H3. The SMILES string of the molecule is CC(C)C1CCC(=O)N(Cc2cnc(Cl)cc2Cl)CC1. The Morgan fingerprint density at radius 3 is 2.80 bits per heavy atom. The Morgan fingerprint density at radius 2 is 2.15 bits per heavy atom. The molecule has 1 aliphatic rings. The first-order valence-corrected chi connectivity index (χ1v) is 7.80. The summed E-state index contributed by atoms with van der Waals surface area (Å²) in [5.74, 6) is 1.46. The molecule has 2 heterocycles. The summed E-state index contributed by atoms with van der Waals surface area (Å²) in [6, 6.07) is 1.62. The van der Waals surface area contributed by atoms with E-state index in [-0.39, 0.29) is 5.91 Å². The molecule has 5 heteroatoms. The van der Waals surface area contributed by atoms with E-state index in [1.54, 1.807) is 12.3 Å². The largest absolute Gasteiger partial charge is 0.338 e. The minimum Gasteiger partial charge on any atom is -0.338 e. The Morgan fingerprint density at radius 1 is 1.40 bits per heavy atom. The molecule has 1 aliphatic heterocycles. The fourth-order valence-electron chi connectivity index (χ4n) is 2.65. The highest BCUT2D eigenvalue weighted by Crippen LogP contribution is 2.27. The molecule has 110 valence electrons. The van der Waals surface area contributed by atoms with Crippen LogP contribution >= 0.6 is 23.2 Å². The highest BCUT2D eigenvalue weighted by atomic mass is 35.5. The monoisotopic (exact) mass is 314 g/mol. The number of carbonyl (C=O) groups excluding carboxylic acids is 1. The van der Waals surface area contributed by atoms with Gasteiger partial charge in [0.2, 0.25) is 5.91 Å². The van der Waals surface area contributed by atoms with Gasteiger partial charge in [-0.25, -0.2) is 4.98 Å². The molecule has 0 radical (unpaired) electrons. The molecular weight excluding hydrogens is 295 g/mol. The minimum atomic E-state index is 0.208. The van der Waals surface area contributed by atoms with E-state index in [1.807, 2.05) is 4.90 Å². The fourth-order valence-corrected chi connectivity index (χ4v) is 3.07. The van der Waals surface area contributed by atoms with Crippen LogP contribution in [0.5, 0.6) is 0 Å². The van der Waals surface area contributed by atoms with Gasteiger partial charge in [-0.15, -0.1) is 0 Å². The Labute approximate surface area is 130 Å². The number of carbonyl (C=O) groups is 1. The van der Waals surface area contributed by atoms with Crippen LogP contribution in [0, 0.1) is 11.8 Å². The lowest BCUT2D eigenvalue weighted by Crippen LogP contribution is -2.30. The van der Waals surface area contributed by atoms with Gasteiger partial charge in [-0.2, -0.15) is 0 Å². The van der Waals surface area contributed by atoms with Crippen molar-refractivity contribution in [2.75, 3.05) is 6.54 Å². The van der Waals surface area contributed by atoms with Crippen LogP contribution in [-0.2, 0) is 11.3 Å². The molecule has 0 aliphatic carbocycles. The molecule has 1 unspecified atom stereocenters. The van der Waals surface area contributed by atoms with E-state index in [0.29, 0.717) is 35.0 Å². The third-order valence-electron chi connectivity index (χ3n) is 4.05. The summed E-state index contributed by atoms with van der Waals surface area (Å²) in [6.45, 7) is 5.77.